The Labute approximate surface area is 178 Å². The Morgan fingerprint density at radius 2 is 1.77 bits per heavy atom. The zero-order valence-corrected chi connectivity index (χ0v) is 18.0. The molecule has 2 aromatic rings. The van der Waals surface area contributed by atoms with Gasteiger partial charge in [-0.3, -0.25) is 4.79 Å². The number of amides is 1. The van der Waals surface area contributed by atoms with Crippen molar-refractivity contribution >= 4 is 11.6 Å². The fraction of sp³-hybridized carbons (Fsp3) is 0.591. The van der Waals surface area contributed by atoms with E-state index in [2.05, 4.69) is 44.5 Å². The fourth-order valence-corrected chi connectivity index (χ4v) is 4.26. The van der Waals surface area contributed by atoms with E-state index < -0.39 is 0 Å². The monoisotopic (exact) mass is 412 g/mol. The number of likely N-dealkylation sites (N-methyl/N-ethyl adjacent to an activating group) is 1. The van der Waals surface area contributed by atoms with Gasteiger partial charge in [-0.25, -0.2) is 4.63 Å². The highest BCUT2D eigenvalue weighted by molar-refractivity contribution is 5.94. The summed E-state index contributed by atoms with van der Waals surface area (Å²) in [4.78, 5) is 19.5. The van der Waals surface area contributed by atoms with E-state index >= 15 is 0 Å². The van der Waals surface area contributed by atoms with Gasteiger partial charge >= 0.3 is 0 Å². The van der Waals surface area contributed by atoms with E-state index in [1.807, 2.05) is 24.0 Å². The quantitative estimate of drug-likeness (QED) is 0.777. The standard InChI is InChI=1S/C22H32N6O2/c1-3-26-12-14-28(15-13-26)22(29)18-4-6-20(7-5-18)27-10-8-19(9-11-27)23-16-21-17(2)24-30-25-21/h4-7,19,23H,3,8-16H2,1-2H3. The third-order valence-corrected chi connectivity index (χ3v) is 6.39. The molecule has 30 heavy (non-hydrogen) atoms. The minimum atomic E-state index is 0.151. The van der Waals surface area contributed by atoms with Crippen molar-refractivity contribution in [3.63, 3.8) is 0 Å². The third kappa shape index (κ3) is 4.82. The Morgan fingerprint density at radius 3 is 2.37 bits per heavy atom. The van der Waals surface area contributed by atoms with Crippen LogP contribution in [0.5, 0.6) is 0 Å². The lowest BCUT2D eigenvalue weighted by molar-refractivity contribution is 0.0643. The number of piperazine rings is 1. The van der Waals surface area contributed by atoms with Gasteiger partial charge in [0.2, 0.25) is 0 Å². The van der Waals surface area contributed by atoms with Gasteiger partial charge in [0.1, 0.15) is 11.4 Å². The van der Waals surface area contributed by atoms with E-state index in [0.29, 0.717) is 12.6 Å². The number of piperidine rings is 1. The first kappa shape index (κ1) is 20.8. The second-order valence-electron chi connectivity index (χ2n) is 8.21. The van der Waals surface area contributed by atoms with Gasteiger partial charge in [-0.05, 0) is 50.6 Å². The van der Waals surface area contributed by atoms with Gasteiger partial charge in [-0.2, -0.15) is 0 Å². The highest BCUT2D eigenvalue weighted by Crippen LogP contribution is 2.21. The molecule has 0 aliphatic carbocycles. The van der Waals surface area contributed by atoms with Gasteiger partial charge in [0.25, 0.3) is 5.91 Å². The Morgan fingerprint density at radius 1 is 1.07 bits per heavy atom. The topological polar surface area (TPSA) is 77.7 Å². The second-order valence-corrected chi connectivity index (χ2v) is 8.21. The normalized spacial score (nSPS) is 18.7. The summed E-state index contributed by atoms with van der Waals surface area (Å²) in [6.45, 7) is 11.4. The first-order chi connectivity index (χ1) is 14.6. The average molecular weight is 413 g/mol. The van der Waals surface area contributed by atoms with Crippen LogP contribution < -0.4 is 10.2 Å². The molecule has 0 saturated carbocycles. The summed E-state index contributed by atoms with van der Waals surface area (Å²) < 4.78 is 4.76. The predicted molar refractivity (Wildman–Crippen MR) is 116 cm³/mol. The van der Waals surface area contributed by atoms with Crippen LogP contribution in [0.4, 0.5) is 5.69 Å². The van der Waals surface area contributed by atoms with Crippen molar-refractivity contribution in [1.82, 2.24) is 25.4 Å². The van der Waals surface area contributed by atoms with Crippen molar-refractivity contribution in [2.75, 3.05) is 50.7 Å². The fourth-order valence-electron chi connectivity index (χ4n) is 4.26. The number of nitrogens with zero attached hydrogens (tertiary/aromatic N) is 5. The Kier molecular flexibility index (Phi) is 6.64. The smallest absolute Gasteiger partial charge is 0.253 e. The molecule has 0 bridgehead atoms. The van der Waals surface area contributed by atoms with Crippen molar-refractivity contribution in [2.24, 2.45) is 0 Å². The van der Waals surface area contributed by atoms with Crippen LogP contribution in [0.2, 0.25) is 0 Å². The van der Waals surface area contributed by atoms with Crippen LogP contribution >= 0.6 is 0 Å². The molecule has 1 amide bonds. The molecule has 2 saturated heterocycles. The van der Waals surface area contributed by atoms with Gasteiger partial charge in [0.05, 0.1) is 0 Å². The maximum Gasteiger partial charge on any atom is 0.253 e. The molecule has 2 aliphatic heterocycles. The Balaban J connectivity index is 1.25. The summed E-state index contributed by atoms with van der Waals surface area (Å²) in [5, 5.41) is 11.3. The molecular formula is C22H32N6O2. The SMILES string of the molecule is CCN1CCN(C(=O)c2ccc(N3CCC(NCc4nonc4C)CC3)cc2)CC1. The number of nitrogens with one attached hydrogen (secondary N) is 1. The molecule has 8 nitrogen and oxygen atoms in total. The zero-order chi connectivity index (χ0) is 20.9. The molecule has 1 aromatic heterocycles. The maximum atomic E-state index is 12.8. The molecule has 1 N–H and O–H groups in total. The van der Waals surface area contributed by atoms with Gasteiger partial charge in [-0.1, -0.05) is 17.2 Å². The summed E-state index contributed by atoms with van der Waals surface area (Å²) in [7, 11) is 0. The number of rotatable bonds is 6. The molecule has 4 rings (SSSR count). The number of hydrogen-bond donors (Lipinski definition) is 1. The number of carbonyl (C=O) groups excluding carboxylic acids is 1. The minimum Gasteiger partial charge on any atom is -0.371 e. The predicted octanol–water partition coefficient (Wildman–Crippen LogP) is 1.91. The zero-order valence-electron chi connectivity index (χ0n) is 18.0. The Hall–Kier alpha value is -2.45. The molecule has 0 atom stereocenters. The van der Waals surface area contributed by atoms with Crippen molar-refractivity contribution in [1.29, 1.82) is 0 Å². The third-order valence-electron chi connectivity index (χ3n) is 6.39. The van der Waals surface area contributed by atoms with Crippen LogP contribution in [0.15, 0.2) is 28.9 Å². The van der Waals surface area contributed by atoms with E-state index in [0.717, 1.165) is 75.6 Å². The number of carbonyl (C=O) groups is 1. The molecule has 0 radical (unpaired) electrons. The molecule has 1 aromatic carbocycles. The lowest BCUT2D eigenvalue weighted by Gasteiger charge is -2.35. The van der Waals surface area contributed by atoms with Gasteiger partial charge < -0.3 is 20.0 Å². The number of anilines is 1. The number of hydrogen-bond acceptors (Lipinski definition) is 7. The Bertz CT molecular complexity index is 820. The molecule has 162 valence electrons. The van der Waals surface area contributed by atoms with E-state index in [1.165, 1.54) is 5.69 Å². The summed E-state index contributed by atoms with van der Waals surface area (Å²) in [5.74, 6) is 0.151. The lowest BCUT2D eigenvalue weighted by Crippen LogP contribution is -2.48. The number of aryl methyl sites for hydroxylation is 1. The van der Waals surface area contributed by atoms with E-state index in [9.17, 15) is 4.79 Å². The van der Waals surface area contributed by atoms with Crippen LogP contribution in [0, 0.1) is 6.92 Å². The van der Waals surface area contributed by atoms with Crippen LogP contribution in [0.1, 0.15) is 41.5 Å². The van der Waals surface area contributed by atoms with Crippen molar-refractivity contribution in [3.05, 3.63) is 41.2 Å². The van der Waals surface area contributed by atoms with Crippen molar-refractivity contribution < 1.29 is 9.42 Å². The van der Waals surface area contributed by atoms with Gasteiger partial charge in [0.15, 0.2) is 0 Å². The number of aromatic nitrogens is 2. The molecular weight excluding hydrogens is 380 g/mol. The van der Waals surface area contributed by atoms with Crippen LogP contribution in [0.3, 0.4) is 0 Å². The minimum absolute atomic E-state index is 0.151. The number of benzene rings is 1. The highest BCUT2D eigenvalue weighted by atomic mass is 16.6. The summed E-state index contributed by atoms with van der Waals surface area (Å²) in [5.41, 5.74) is 3.71. The average Bonchev–Trinajstić information content (AvgIpc) is 3.22. The molecule has 8 heteroatoms. The van der Waals surface area contributed by atoms with Crippen LogP contribution in [-0.4, -0.2) is 77.9 Å². The molecule has 2 fully saturated rings. The molecule has 0 unspecified atom stereocenters. The molecule has 3 heterocycles. The summed E-state index contributed by atoms with van der Waals surface area (Å²) in [6, 6.07) is 8.62. The highest BCUT2D eigenvalue weighted by Gasteiger charge is 2.23. The molecule has 2 aliphatic rings. The lowest BCUT2D eigenvalue weighted by atomic mass is 10.0. The maximum absolute atomic E-state index is 12.8. The first-order valence-corrected chi connectivity index (χ1v) is 11.0. The van der Waals surface area contributed by atoms with Gasteiger partial charge in [0, 0.05) is 63.1 Å². The van der Waals surface area contributed by atoms with Crippen LogP contribution in [-0.2, 0) is 6.54 Å². The second kappa shape index (κ2) is 9.57. The van der Waals surface area contributed by atoms with E-state index in [-0.39, 0.29) is 5.91 Å². The van der Waals surface area contributed by atoms with E-state index in [4.69, 9.17) is 4.63 Å². The van der Waals surface area contributed by atoms with Crippen molar-refractivity contribution in [2.45, 2.75) is 39.3 Å². The van der Waals surface area contributed by atoms with Gasteiger partial charge in [-0.15, -0.1) is 0 Å². The van der Waals surface area contributed by atoms with Crippen molar-refractivity contribution in [3.8, 4) is 0 Å². The van der Waals surface area contributed by atoms with Crippen LogP contribution in [0.25, 0.3) is 0 Å². The largest absolute Gasteiger partial charge is 0.371 e. The summed E-state index contributed by atoms with van der Waals surface area (Å²) in [6.07, 6.45) is 2.15. The first-order valence-electron chi connectivity index (χ1n) is 11.0. The van der Waals surface area contributed by atoms with E-state index in [1.54, 1.807) is 0 Å². The summed E-state index contributed by atoms with van der Waals surface area (Å²) >= 11 is 0. The molecule has 0 spiro atoms.